The van der Waals surface area contributed by atoms with Gasteiger partial charge in [0.15, 0.2) is 0 Å². The van der Waals surface area contributed by atoms with Crippen molar-refractivity contribution in [3.8, 4) is 22.5 Å². The van der Waals surface area contributed by atoms with E-state index in [9.17, 15) is 8.42 Å². The lowest BCUT2D eigenvalue weighted by atomic mass is 10.1. The largest absolute Gasteiger partial charge is 0.276 e. The van der Waals surface area contributed by atoms with Gasteiger partial charge in [-0.15, -0.1) is 0 Å². The molecule has 0 atom stereocenters. The van der Waals surface area contributed by atoms with Gasteiger partial charge in [0.05, 0.1) is 16.3 Å². The normalized spacial score (nSPS) is 11.4. The van der Waals surface area contributed by atoms with Crippen molar-refractivity contribution >= 4 is 21.6 Å². The first kappa shape index (κ1) is 19.2. The van der Waals surface area contributed by atoms with Crippen LogP contribution in [0.5, 0.6) is 0 Å². The summed E-state index contributed by atoms with van der Waals surface area (Å²) < 4.78 is 25.7. The Morgan fingerprint density at radius 1 is 0.862 bits per heavy atom. The molecule has 3 aromatic carbocycles. The highest BCUT2D eigenvalue weighted by Gasteiger charge is 2.18. The third-order valence-electron chi connectivity index (χ3n) is 4.46. The van der Waals surface area contributed by atoms with E-state index < -0.39 is 10.0 Å². The first-order valence-electron chi connectivity index (χ1n) is 8.93. The van der Waals surface area contributed by atoms with Crippen molar-refractivity contribution in [1.29, 1.82) is 0 Å². The number of hydrogen-bond acceptors (Lipinski definition) is 3. The molecule has 0 aliphatic carbocycles. The molecule has 146 valence electrons. The molecule has 0 aliphatic rings. The second kappa shape index (κ2) is 7.73. The lowest BCUT2D eigenvalue weighted by molar-refractivity contribution is 0.592. The molecule has 0 unspecified atom stereocenters. The van der Waals surface area contributed by atoms with Crippen molar-refractivity contribution < 1.29 is 8.42 Å². The maximum absolute atomic E-state index is 12.8. The summed E-state index contributed by atoms with van der Waals surface area (Å²) in [5, 5.41) is 5.11. The Hall–Kier alpha value is -3.09. The summed E-state index contributed by atoms with van der Waals surface area (Å²) in [4.78, 5) is 4.02. The summed E-state index contributed by atoms with van der Waals surface area (Å²) in [7, 11) is -3.80. The molecule has 0 saturated heterocycles. The molecule has 0 aliphatic heterocycles. The molecule has 0 spiro atoms. The van der Waals surface area contributed by atoms with E-state index in [-0.39, 0.29) is 4.90 Å². The van der Waals surface area contributed by atoms with Crippen LogP contribution in [0.2, 0.25) is 5.02 Å². The lowest BCUT2D eigenvalue weighted by Crippen LogP contribution is -2.25. The fraction of sp³-hybridized carbons (Fsp3) is 0.0455. The van der Waals surface area contributed by atoms with E-state index in [2.05, 4.69) is 9.93 Å². The molecule has 0 bridgehead atoms. The molecule has 0 fully saturated rings. The van der Waals surface area contributed by atoms with E-state index in [0.29, 0.717) is 16.4 Å². The Labute approximate surface area is 174 Å². The quantitative estimate of drug-likeness (QED) is 0.485. The zero-order chi connectivity index (χ0) is 20.4. The monoisotopic (exact) mass is 423 g/mol. The molecule has 0 saturated carbocycles. The van der Waals surface area contributed by atoms with E-state index in [1.165, 1.54) is 16.9 Å². The molecule has 1 heterocycles. The third kappa shape index (κ3) is 4.18. The number of hydrogen-bond donors (Lipinski definition) is 1. The van der Waals surface area contributed by atoms with Gasteiger partial charge < -0.3 is 0 Å². The van der Waals surface area contributed by atoms with E-state index in [4.69, 9.17) is 11.6 Å². The average molecular weight is 424 g/mol. The van der Waals surface area contributed by atoms with Crippen LogP contribution in [0, 0.1) is 6.92 Å². The average Bonchev–Trinajstić information content (AvgIpc) is 3.13. The zero-order valence-corrected chi connectivity index (χ0v) is 17.2. The van der Waals surface area contributed by atoms with E-state index in [1.807, 2.05) is 49.4 Å². The molecular formula is C22H18ClN3O2S. The molecule has 29 heavy (non-hydrogen) atoms. The van der Waals surface area contributed by atoms with Gasteiger partial charge in [-0.25, -0.2) is 0 Å². The van der Waals surface area contributed by atoms with Crippen LogP contribution in [0.1, 0.15) is 5.56 Å². The summed E-state index contributed by atoms with van der Waals surface area (Å²) >= 11 is 6.01. The highest BCUT2D eigenvalue weighted by atomic mass is 35.5. The summed E-state index contributed by atoms with van der Waals surface area (Å²) in [5.41, 5.74) is 4.08. The number of aryl methyl sites for hydroxylation is 1. The molecular weight excluding hydrogens is 406 g/mol. The maximum atomic E-state index is 12.8. The molecule has 7 heteroatoms. The van der Waals surface area contributed by atoms with Crippen LogP contribution in [0.15, 0.2) is 89.8 Å². The van der Waals surface area contributed by atoms with Gasteiger partial charge in [-0.3, -0.25) is 0 Å². The van der Waals surface area contributed by atoms with Gasteiger partial charge in [-0.2, -0.15) is 23.1 Å². The first-order chi connectivity index (χ1) is 13.9. The molecule has 4 rings (SSSR count). The summed E-state index contributed by atoms with van der Waals surface area (Å²) in [6, 6.07) is 25.1. The second-order valence-electron chi connectivity index (χ2n) is 6.61. The van der Waals surface area contributed by atoms with Crippen molar-refractivity contribution in [2.24, 2.45) is 0 Å². The number of sulfonamides is 1. The zero-order valence-electron chi connectivity index (χ0n) is 15.6. The predicted molar refractivity (Wildman–Crippen MR) is 116 cm³/mol. The number of rotatable bonds is 5. The number of nitrogens with one attached hydrogen (secondary N) is 1. The van der Waals surface area contributed by atoms with Gasteiger partial charge in [0.1, 0.15) is 0 Å². The standard InChI is InChI=1S/C22H18ClN3O2S/c1-16-7-9-17(10-8-16)21-15-22(18-11-13-19(23)14-12-18)26(24-21)25-29(27,28)20-5-3-2-4-6-20/h2-15,25H,1H3. The van der Waals surface area contributed by atoms with Gasteiger partial charge in [0.2, 0.25) is 0 Å². The van der Waals surface area contributed by atoms with Crippen LogP contribution in [0.4, 0.5) is 0 Å². The molecule has 1 N–H and O–H groups in total. The smallest absolute Gasteiger partial charge is 0.200 e. The Bertz CT molecular complexity index is 1230. The topological polar surface area (TPSA) is 64.0 Å². The van der Waals surface area contributed by atoms with Crippen LogP contribution < -0.4 is 4.83 Å². The van der Waals surface area contributed by atoms with Crippen LogP contribution in [0.3, 0.4) is 0 Å². The van der Waals surface area contributed by atoms with Crippen molar-refractivity contribution in [3.05, 3.63) is 95.5 Å². The highest BCUT2D eigenvalue weighted by Crippen LogP contribution is 2.27. The summed E-state index contributed by atoms with van der Waals surface area (Å²) in [6.45, 7) is 2.01. The molecule has 4 aromatic rings. The van der Waals surface area contributed by atoms with Crippen molar-refractivity contribution in [1.82, 2.24) is 9.89 Å². The van der Waals surface area contributed by atoms with E-state index in [1.54, 1.807) is 30.3 Å². The first-order valence-corrected chi connectivity index (χ1v) is 10.8. The number of benzene rings is 3. The van der Waals surface area contributed by atoms with Gasteiger partial charge in [-0.05, 0) is 37.3 Å². The lowest BCUT2D eigenvalue weighted by Gasteiger charge is -2.11. The van der Waals surface area contributed by atoms with Gasteiger partial charge in [-0.1, -0.05) is 71.8 Å². The summed E-state index contributed by atoms with van der Waals surface area (Å²) in [6.07, 6.45) is 0. The van der Waals surface area contributed by atoms with Crippen molar-refractivity contribution in [2.45, 2.75) is 11.8 Å². The van der Waals surface area contributed by atoms with Crippen LogP contribution in [-0.2, 0) is 10.0 Å². The van der Waals surface area contributed by atoms with Gasteiger partial charge >= 0.3 is 0 Å². The Kier molecular flexibility index (Phi) is 5.13. The Morgan fingerprint density at radius 2 is 1.48 bits per heavy atom. The molecule has 5 nitrogen and oxygen atoms in total. The maximum Gasteiger partial charge on any atom is 0.276 e. The Morgan fingerprint density at radius 3 is 2.14 bits per heavy atom. The van der Waals surface area contributed by atoms with Gasteiger partial charge in [0, 0.05) is 16.1 Å². The number of halogens is 1. The van der Waals surface area contributed by atoms with Crippen LogP contribution in [-0.4, -0.2) is 18.3 Å². The van der Waals surface area contributed by atoms with E-state index in [0.717, 1.165) is 16.7 Å². The minimum atomic E-state index is -3.80. The number of aromatic nitrogens is 2. The predicted octanol–water partition coefficient (Wildman–Crippen LogP) is 5.11. The third-order valence-corrected chi connectivity index (χ3v) is 6.01. The van der Waals surface area contributed by atoms with Crippen LogP contribution >= 0.6 is 11.6 Å². The Balaban J connectivity index is 1.80. The highest BCUT2D eigenvalue weighted by molar-refractivity contribution is 7.92. The number of nitrogens with zero attached hydrogens (tertiary/aromatic N) is 2. The SMILES string of the molecule is Cc1ccc(-c2cc(-c3ccc(Cl)cc3)n(NS(=O)(=O)c3ccccc3)n2)cc1. The van der Waals surface area contributed by atoms with Crippen LogP contribution in [0.25, 0.3) is 22.5 Å². The van der Waals surface area contributed by atoms with Crippen molar-refractivity contribution in [2.75, 3.05) is 4.83 Å². The minimum Gasteiger partial charge on any atom is -0.200 e. The van der Waals surface area contributed by atoms with Crippen molar-refractivity contribution in [3.63, 3.8) is 0 Å². The molecule has 0 amide bonds. The second-order valence-corrected chi connectivity index (χ2v) is 8.70. The summed E-state index contributed by atoms with van der Waals surface area (Å²) in [5.74, 6) is 0. The fourth-order valence-corrected chi connectivity index (χ4v) is 4.02. The molecule has 1 aromatic heterocycles. The fourth-order valence-electron chi connectivity index (χ4n) is 2.91. The molecule has 0 radical (unpaired) electrons. The minimum absolute atomic E-state index is 0.162. The van der Waals surface area contributed by atoms with E-state index >= 15 is 0 Å². The van der Waals surface area contributed by atoms with Gasteiger partial charge in [0.25, 0.3) is 10.0 Å².